The van der Waals surface area contributed by atoms with Crippen molar-refractivity contribution in [3.05, 3.63) is 312 Å². The second-order valence-electron chi connectivity index (χ2n) is 20.1. The first-order valence-corrected chi connectivity index (χ1v) is 26.1. The molecule has 0 saturated heterocycles. The van der Waals surface area contributed by atoms with Crippen LogP contribution in [0.3, 0.4) is 0 Å². The fourth-order valence-electron chi connectivity index (χ4n) is 12.3. The number of hydrogen-bond acceptors (Lipinski definition) is 1. The van der Waals surface area contributed by atoms with Crippen LogP contribution >= 0.6 is 0 Å². The van der Waals surface area contributed by atoms with Gasteiger partial charge in [-0.25, -0.2) is 0 Å². The molecule has 0 spiro atoms. The third-order valence-electron chi connectivity index (χ3n) is 16.1. The van der Waals surface area contributed by atoms with Crippen LogP contribution in [0.25, 0.3) is 84.2 Å². The van der Waals surface area contributed by atoms with E-state index in [1.54, 1.807) is 0 Å². The summed E-state index contributed by atoms with van der Waals surface area (Å²) in [6.07, 6.45) is 6.13. The van der Waals surface area contributed by atoms with Gasteiger partial charge in [0.15, 0.2) is 0 Å². The molecule has 11 aromatic carbocycles. The molecule has 0 radical (unpaired) electrons. The van der Waals surface area contributed by atoms with E-state index >= 15 is 0 Å². The summed E-state index contributed by atoms with van der Waals surface area (Å²) in [5.74, 6) is 0. The zero-order chi connectivity index (χ0) is 50.0. The van der Waals surface area contributed by atoms with Crippen molar-refractivity contribution >= 4 is 51.0 Å². The molecule has 12 aromatic rings. The van der Waals surface area contributed by atoms with E-state index in [4.69, 9.17) is 0 Å². The van der Waals surface area contributed by atoms with Gasteiger partial charge in [0.1, 0.15) is 0 Å². The van der Waals surface area contributed by atoms with Gasteiger partial charge in [0, 0.05) is 33.5 Å². The molecule has 1 heterocycles. The quantitative estimate of drug-likeness (QED) is 0.125. The third kappa shape index (κ3) is 7.24. The van der Waals surface area contributed by atoms with Crippen molar-refractivity contribution in [1.82, 2.24) is 4.57 Å². The van der Waals surface area contributed by atoms with E-state index < -0.39 is 5.41 Å². The third-order valence-corrected chi connectivity index (χ3v) is 16.1. The fourth-order valence-corrected chi connectivity index (χ4v) is 12.3. The zero-order valence-corrected chi connectivity index (χ0v) is 41.6. The fraction of sp³-hybridized carbons (Fsp3) is 0.0411. The van der Waals surface area contributed by atoms with Crippen LogP contribution in [0.2, 0.25) is 0 Å². The number of anilines is 3. The van der Waals surface area contributed by atoms with Crippen molar-refractivity contribution in [1.29, 1.82) is 0 Å². The van der Waals surface area contributed by atoms with Gasteiger partial charge in [-0.05, 0) is 175 Å². The molecule has 2 nitrogen and oxygen atoms in total. The van der Waals surface area contributed by atoms with Crippen LogP contribution in [-0.4, -0.2) is 4.57 Å². The van der Waals surface area contributed by atoms with Gasteiger partial charge in [-0.2, -0.15) is 0 Å². The highest BCUT2D eigenvalue weighted by Gasteiger charge is 2.46. The number of aryl methyl sites for hydroxylation is 2. The van der Waals surface area contributed by atoms with Crippen molar-refractivity contribution in [2.75, 3.05) is 4.90 Å². The Morgan fingerprint density at radius 1 is 0.360 bits per heavy atom. The molecule has 1 atom stereocenters. The molecule has 2 heteroatoms. The van der Waals surface area contributed by atoms with Crippen LogP contribution < -0.4 is 4.90 Å². The van der Waals surface area contributed by atoms with Crippen LogP contribution in [0.4, 0.5) is 17.1 Å². The highest BCUT2D eigenvalue weighted by atomic mass is 15.1. The summed E-state index contributed by atoms with van der Waals surface area (Å²) in [7, 11) is 0. The Morgan fingerprint density at radius 2 is 0.880 bits per heavy atom. The predicted octanol–water partition coefficient (Wildman–Crippen LogP) is 19.0. The predicted molar refractivity (Wildman–Crippen MR) is 317 cm³/mol. The van der Waals surface area contributed by atoms with Crippen LogP contribution in [-0.2, 0) is 18.3 Å². The molecule has 0 bridgehead atoms. The number of rotatable bonds is 11. The molecule has 14 rings (SSSR count). The van der Waals surface area contributed by atoms with Crippen LogP contribution in [0.15, 0.2) is 268 Å². The number of benzene rings is 11. The SMILES string of the molecule is C=Cc1ccc(-c2ccc3c(c2)c2cc(-c4ccc(N(c5cccc(-c6ccccc6)c5)c5ccc6c(c5)C(c5ccccc5)(c5ccc(C=C)cc5)c5ccccc5-6)cc4)ccc2n3-c2ccc3c(c2)CC3)cc1. The lowest BCUT2D eigenvalue weighted by molar-refractivity contribution is 0.768. The lowest BCUT2D eigenvalue weighted by Gasteiger charge is -2.35. The Kier molecular flexibility index (Phi) is 10.6. The maximum Gasteiger partial charge on any atom is 0.0714 e. The lowest BCUT2D eigenvalue weighted by atomic mass is 9.67. The first-order chi connectivity index (χ1) is 37.0. The molecular weight excluding hydrogens is 905 g/mol. The van der Waals surface area contributed by atoms with Crippen molar-refractivity contribution in [2.24, 2.45) is 0 Å². The molecule has 0 amide bonds. The van der Waals surface area contributed by atoms with E-state index in [1.165, 1.54) is 101 Å². The molecule has 75 heavy (non-hydrogen) atoms. The topological polar surface area (TPSA) is 8.17 Å². The molecule has 2 aliphatic rings. The highest BCUT2D eigenvalue weighted by molar-refractivity contribution is 6.12. The zero-order valence-electron chi connectivity index (χ0n) is 41.6. The van der Waals surface area contributed by atoms with Gasteiger partial charge in [-0.15, -0.1) is 0 Å². The largest absolute Gasteiger partial charge is 0.310 e. The number of aromatic nitrogens is 1. The Balaban J connectivity index is 0.926. The summed E-state index contributed by atoms with van der Waals surface area (Å²) in [6.45, 7) is 8.07. The number of nitrogens with zero attached hydrogens (tertiary/aromatic N) is 2. The van der Waals surface area contributed by atoms with Crippen molar-refractivity contribution in [2.45, 2.75) is 18.3 Å². The Morgan fingerprint density at radius 3 is 1.53 bits per heavy atom. The van der Waals surface area contributed by atoms with Gasteiger partial charge in [0.2, 0.25) is 0 Å². The van der Waals surface area contributed by atoms with Gasteiger partial charge in [0.25, 0.3) is 0 Å². The van der Waals surface area contributed by atoms with Crippen molar-refractivity contribution in [3.63, 3.8) is 0 Å². The second-order valence-corrected chi connectivity index (χ2v) is 20.1. The summed E-state index contributed by atoms with van der Waals surface area (Å²) in [6, 6.07) is 94.7. The van der Waals surface area contributed by atoms with Crippen molar-refractivity contribution in [3.8, 4) is 50.2 Å². The summed E-state index contributed by atoms with van der Waals surface area (Å²) < 4.78 is 2.46. The Labute approximate surface area is 439 Å². The van der Waals surface area contributed by atoms with E-state index in [0.29, 0.717) is 0 Å². The first-order valence-electron chi connectivity index (χ1n) is 26.1. The molecular formula is C73H52N2. The van der Waals surface area contributed by atoms with Crippen LogP contribution in [0, 0.1) is 0 Å². The van der Waals surface area contributed by atoms with E-state index in [0.717, 1.165) is 45.7 Å². The van der Waals surface area contributed by atoms with E-state index in [9.17, 15) is 0 Å². The second kappa shape index (κ2) is 17.9. The lowest BCUT2D eigenvalue weighted by Crippen LogP contribution is -2.28. The average Bonchev–Trinajstić information content (AvgIpc) is 3.99. The van der Waals surface area contributed by atoms with Gasteiger partial charge in [0.05, 0.1) is 16.4 Å². The smallest absolute Gasteiger partial charge is 0.0714 e. The summed E-state index contributed by atoms with van der Waals surface area (Å²) in [5, 5.41) is 2.47. The molecule has 0 fully saturated rings. The average molecular weight is 957 g/mol. The molecule has 0 aliphatic heterocycles. The molecule has 2 aliphatic carbocycles. The minimum Gasteiger partial charge on any atom is -0.310 e. The van der Waals surface area contributed by atoms with E-state index in [1.807, 2.05) is 12.2 Å². The first kappa shape index (κ1) is 44.2. The maximum atomic E-state index is 4.09. The minimum absolute atomic E-state index is 0.565. The normalized spacial score (nSPS) is 14.2. The maximum absolute atomic E-state index is 4.09. The van der Waals surface area contributed by atoms with Crippen LogP contribution in [0.5, 0.6) is 0 Å². The summed E-state index contributed by atoms with van der Waals surface area (Å²) in [4.78, 5) is 2.43. The van der Waals surface area contributed by atoms with E-state index in [2.05, 4.69) is 277 Å². The molecule has 1 unspecified atom stereocenters. The van der Waals surface area contributed by atoms with Gasteiger partial charge >= 0.3 is 0 Å². The molecule has 1 aromatic heterocycles. The standard InChI is InChI=1S/C73H52N2/c1-3-49-22-26-52(27-23-49)57-33-42-71-67(46-57)68-47-58(34-43-72(68)75(71)63-39-32-53-28-29-56(53)45-63)54-30-37-61(38-31-54)74(62-19-13-16-55(44-62)51-14-7-5-8-15-51)64-40-41-66-65-20-11-12-21-69(65)73(70(66)48-64,59-17-9-6-10-18-59)60-35-24-50(4-2)25-36-60/h3-27,30-48H,1-2,28-29H2. The monoisotopic (exact) mass is 956 g/mol. The van der Waals surface area contributed by atoms with Gasteiger partial charge in [-0.3, -0.25) is 0 Å². The molecule has 0 saturated carbocycles. The van der Waals surface area contributed by atoms with E-state index in [-0.39, 0.29) is 0 Å². The van der Waals surface area contributed by atoms with Gasteiger partial charge in [-0.1, -0.05) is 207 Å². The van der Waals surface area contributed by atoms with Gasteiger partial charge < -0.3 is 9.47 Å². The molecule has 354 valence electrons. The minimum atomic E-state index is -0.565. The number of fused-ring (bicyclic) bond motifs is 7. The number of hydrogen-bond donors (Lipinski definition) is 0. The Hall–Kier alpha value is -9.50. The molecule has 0 N–H and O–H groups in total. The highest BCUT2D eigenvalue weighted by Crippen LogP contribution is 2.57. The van der Waals surface area contributed by atoms with Crippen LogP contribution in [0.1, 0.15) is 44.5 Å². The summed E-state index contributed by atoms with van der Waals surface area (Å²) in [5.41, 5.74) is 26.0. The Bertz CT molecular complexity index is 4180. The summed E-state index contributed by atoms with van der Waals surface area (Å²) >= 11 is 0. The van der Waals surface area contributed by atoms with Crippen molar-refractivity contribution < 1.29 is 0 Å².